The van der Waals surface area contributed by atoms with E-state index in [4.69, 9.17) is 0 Å². The molecule has 80 valence electrons. The predicted molar refractivity (Wildman–Crippen MR) is 69.7 cm³/mol. The molecule has 0 aliphatic rings. The average Bonchev–Trinajstić information content (AvgIpc) is 2.25. The normalized spacial score (nSPS) is 13.5. The van der Waals surface area contributed by atoms with Gasteiger partial charge in [-0.1, -0.05) is 30.9 Å². The van der Waals surface area contributed by atoms with Crippen molar-refractivity contribution < 1.29 is 0 Å². The van der Waals surface area contributed by atoms with Crippen molar-refractivity contribution in [3.8, 4) is 0 Å². The minimum atomic E-state index is 0.157. The fourth-order valence-electron chi connectivity index (χ4n) is 1.16. The van der Waals surface area contributed by atoms with Gasteiger partial charge in [-0.15, -0.1) is 6.58 Å². The number of nitrogens with zero attached hydrogens (tertiary/aromatic N) is 2. The molecule has 0 heterocycles. The summed E-state index contributed by atoms with van der Waals surface area (Å²) in [5, 5.41) is 0. The maximum absolute atomic E-state index is 4.02. The van der Waals surface area contributed by atoms with Gasteiger partial charge >= 0.3 is 0 Å². The minimum Gasteiger partial charge on any atom is -0.297 e. The molecule has 0 radical (unpaired) electrons. The highest BCUT2D eigenvalue weighted by Crippen LogP contribution is 2.13. The first-order valence-electron chi connectivity index (χ1n) is 4.79. The van der Waals surface area contributed by atoms with E-state index >= 15 is 0 Å². The topological polar surface area (TPSA) is 24.7 Å². The van der Waals surface area contributed by atoms with Gasteiger partial charge in [-0.2, -0.15) is 0 Å². The summed E-state index contributed by atoms with van der Waals surface area (Å²) in [6, 6.07) is 0.157. The Labute approximate surface area is 92.2 Å². The van der Waals surface area contributed by atoms with Crippen molar-refractivity contribution in [2.45, 2.75) is 18.9 Å². The molecule has 0 fully saturated rings. The van der Waals surface area contributed by atoms with E-state index in [-0.39, 0.29) is 6.04 Å². The largest absolute Gasteiger partial charge is 0.297 e. The number of hydrogen-bond donors (Lipinski definition) is 0. The van der Waals surface area contributed by atoms with Crippen LogP contribution in [0.5, 0.6) is 0 Å². The highest BCUT2D eigenvalue weighted by Gasteiger charge is 2.04. The monoisotopic (exact) mass is 202 g/mol. The molecule has 1 atom stereocenters. The van der Waals surface area contributed by atoms with Gasteiger partial charge < -0.3 is 0 Å². The van der Waals surface area contributed by atoms with Crippen LogP contribution in [0, 0.1) is 0 Å². The third kappa shape index (κ3) is 6.38. The quantitative estimate of drug-likeness (QED) is 0.327. The van der Waals surface area contributed by atoms with Crippen LogP contribution in [0.15, 0.2) is 59.2 Å². The summed E-state index contributed by atoms with van der Waals surface area (Å²) in [6.45, 7) is 14.3. The lowest BCUT2D eigenvalue weighted by Crippen LogP contribution is -2.03. The van der Waals surface area contributed by atoms with Gasteiger partial charge in [0.1, 0.15) is 0 Å². The van der Waals surface area contributed by atoms with Crippen LogP contribution in [0.1, 0.15) is 12.8 Å². The Kier molecular flexibility index (Phi) is 7.87. The molecule has 0 aliphatic carbocycles. The second kappa shape index (κ2) is 8.88. The van der Waals surface area contributed by atoms with Crippen molar-refractivity contribution in [2.75, 3.05) is 0 Å². The molecule has 2 nitrogen and oxygen atoms in total. The summed E-state index contributed by atoms with van der Waals surface area (Å²) in [4.78, 5) is 7.77. The SMILES string of the molecule is C=C/C=C/C(=C\N=C)CC(CC=C)N=C. The molecule has 0 bridgehead atoms. The number of aliphatic imine (C=N–C) groups is 2. The molecule has 0 amide bonds. The summed E-state index contributed by atoms with van der Waals surface area (Å²) in [5.41, 5.74) is 1.06. The smallest absolute Gasteiger partial charge is 0.0567 e. The van der Waals surface area contributed by atoms with Gasteiger partial charge in [0.25, 0.3) is 0 Å². The molecule has 1 unspecified atom stereocenters. The fourth-order valence-corrected chi connectivity index (χ4v) is 1.16. The van der Waals surface area contributed by atoms with Crippen LogP contribution in [0.2, 0.25) is 0 Å². The molecule has 0 rings (SSSR count). The lowest BCUT2D eigenvalue weighted by atomic mass is 10.0. The molecule has 0 saturated heterocycles. The van der Waals surface area contributed by atoms with Crippen LogP contribution >= 0.6 is 0 Å². The van der Waals surface area contributed by atoms with Gasteiger partial charge in [0.05, 0.1) is 6.04 Å². The molecule has 0 aromatic heterocycles. The van der Waals surface area contributed by atoms with Crippen LogP contribution < -0.4 is 0 Å². The molecule has 0 aliphatic heterocycles. The lowest BCUT2D eigenvalue weighted by Gasteiger charge is -2.09. The molecular weight excluding hydrogens is 184 g/mol. The highest BCUT2D eigenvalue weighted by molar-refractivity contribution is 5.31. The Hall–Kier alpha value is -1.70. The van der Waals surface area contributed by atoms with Gasteiger partial charge in [0, 0.05) is 6.20 Å². The van der Waals surface area contributed by atoms with E-state index in [2.05, 4.69) is 36.6 Å². The zero-order valence-corrected chi connectivity index (χ0v) is 9.10. The standard InChI is InChI=1S/C13H18N2/c1-5-7-9-12(11-14-3)10-13(15-4)8-6-2/h5-7,9,11,13H,1-4,8,10H2/b9-7+,12-11+. The van der Waals surface area contributed by atoms with Crippen LogP contribution in [0.25, 0.3) is 0 Å². The first kappa shape index (κ1) is 13.3. The van der Waals surface area contributed by atoms with E-state index in [1.165, 1.54) is 0 Å². The Morgan fingerprint density at radius 2 is 2.00 bits per heavy atom. The van der Waals surface area contributed by atoms with Crippen LogP contribution in [0.3, 0.4) is 0 Å². The second-order valence-corrected chi connectivity index (χ2v) is 3.05. The van der Waals surface area contributed by atoms with E-state index in [1.807, 2.05) is 18.2 Å². The van der Waals surface area contributed by atoms with E-state index in [1.54, 1.807) is 12.3 Å². The van der Waals surface area contributed by atoms with Crippen molar-refractivity contribution in [2.24, 2.45) is 9.98 Å². The first-order valence-corrected chi connectivity index (χ1v) is 4.79. The number of rotatable bonds is 8. The van der Waals surface area contributed by atoms with Crippen molar-refractivity contribution in [1.29, 1.82) is 0 Å². The van der Waals surface area contributed by atoms with Gasteiger partial charge in [0.15, 0.2) is 0 Å². The fraction of sp³-hybridized carbons (Fsp3) is 0.231. The predicted octanol–water partition coefficient (Wildman–Crippen LogP) is 3.35. The maximum Gasteiger partial charge on any atom is 0.0567 e. The Balaban J connectivity index is 4.50. The molecular formula is C13H18N2. The number of hydrogen-bond acceptors (Lipinski definition) is 2. The molecule has 0 N–H and O–H groups in total. The van der Waals surface area contributed by atoms with Gasteiger partial charge in [-0.25, -0.2) is 0 Å². The lowest BCUT2D eigenvalue weighted by molar-refractivity contribution is 0.689. The van der Waals surface area contributed by atoms with E-state index in [9.17, 15) is 0 Å². The Morgan fingerprint density at radius 3 is 2.47 bits per heavy atom. The van der Waals surface area contributed by atoms with Crippen molar-refractivity contribution in [3.05, 3.63) is 49.2 Å². The minimum absolute atomic E-state index is 0.157. The summed E-state index contributed by atoms with van der Waals surface area (Å²) < 4.78 is 0. The molecule has 0 aromatic rings. The Morgan fingerprint density at radius 1 is 1.27 bits per heavy atom. The second-order valence-electron chi connectivity index (χ2n) is 3.05. The van der Waals surface area contributed by atoms with Crippen LogP contribution in [0.4, 0.5) is 0 Å². The highest BCUT2D eigenvalue weighted by atomic mass is 14.7. The van der Waals surface area contributed by atoms with Gasteiger partial charge in [-0.3, -0.25) is 9.98 Å². The van der Waals surface area contributed by atoms with Crippen molar-refractivity contribution >= 4 is 13.4 Å². The summed E-state index contributed by atoms with van der Waals surface area (Å²) in [7, 11) is 0. The summed E-state index contributed by atoms with van der Waals surface area (Å²) in [5.74, 6) is 0. The zero-order valence-electron chi connectivity index (χ0n) is 9.10. The molecule has 0 aromatic carbocycles. The molecule has 0 spiro atoms. The summed E-state index contributed by atoms with van der Waals surface area (Å²) >= 11 is 0. The first-order chi connectivity index (χ1) is 7.28. The van der Waals surface area contributed by atoms with Crippen molar-refractivity contribution in [3.63, 3.8) is 0 Å². The number of allylic oxidation sites excluding steroid dienone is 3. The average molecular weight is 202 g/mol. The zero-order chi connectivity index (χ0) is 11.5. The van der Waals surface area contributed by atoms with E-state index in [0.29, 0.717) is 0 Å². The van der Waals surface area contributed by atoms with E-state index in [0.717, 1.165) is 18.4 Å². The molecule has 2 heteroatoms. The van der Waals surface area contributed by atoms with Gasteiger partial charge in [0.2, 0.25) is 0 Å². The Bertz CT molecular complexity index is 285. The molecule has 15 heavy (non-hydrogen) atoms. The maximum atomic E-state index is 4.02. The van der Waals surface area contributed by atoms with Crippen LogP contribution in [-0.4, -0.2) is 19.5 Å². The van der Waals surface area contributed by atoms with Crippen LogP contribution in [-0.2, 0) is 0 Å². The van der Waals surface area contributed by atoms with Gasteiger partial charge in [-0.05, 0) is 31.8 Å². The summed E-state index contributed by atoms with van der Waals surface area (Å²) in [6.07, 6.45) is 10.7. The third-order valence-corrected chi connectivity index (χ3v) is 1.87. The third-order valence-electron chi connectivity index (χ3n) is 1.87. The molecule has 0 saturated carbocycles. The van der Waals surface area contributed by atoms with E-state index < -0.39 is 0 Å². The van der Waals surface area contributed by atoms with Crippen molar-refractivity contribution in [1.82, 2.24) is 0 Å².